The van der Waals surface area contributed by atoms with Crippen molar-refractivity contribution < 1.29 is 29.4 Å². The molecular formula is C20H21N7O6S2. The highest BCUT2D eigenvalue weighted by Gasteiger charge is 2.57. The van der Waals surface area contributed by atoms with E-state index in [1.165, 1.54) is 18.7 Å². The van der Waals surface area contributed by atoms with Gasteiger partial charge in [-0.15, -0.1) is 22.0 Å². The number of carbonyl (C=O) groups is 4. The Kier molecular flexibility index (Phi) is 6.82. The number of β-lactam (4-membered cyclic amide) rings is 1. The van der Waals surface area contributed by atoms with Gasteiger partial charge in [-0.1, -0.05) is 36.0 Å². The number of thioether (sulfide) groups is 2. The lowest BCUT2D eigenvalue weighted by Crippen LogP contribution is -2.71. The lowest BCUT2D eigenvalue weighted by molar-refractivity contribution is -0.150. The number of carbonyl (C=O) groups excluding carboxylic acids is 2. The SMILES string of the molecule is CC(Sc1nn[nH]n1)(C(=O)O)C1=C(C(=O)O)N2C(=O)C(NC(=O)Cc3ccccc3CN)[C@H]2SC1. The van der Waals surface area contributed by atoms with Crippen LogP contribution in [0.15, 0.2) is 40.7 Å². The first-order valence-corrected chi connectivity index (χ1v) is 12.2. The zero-order valence-electron chi connectivity index (χ0n) is 18.3. The van der Waals surface area contributed by atoms with E-state index in [4.69, 9.17) is 5.73 Å². The molecule has 0 bridgehead atoms. The van der Waals surface area contributed by atoms with Crippen molar-refractivity contribution in [1.82, 2.24) is 30.8 Å². The van der Waals surface area contributed by atoms with E-state index in [0.29, 0.717) is 11.8 Å². The number of nitrogens with one attached hydrogen (secondary N) is 2. The minimum absolute atomic E-state index is 0.00606. The summed E-state index contributed by atoms with van der Waals surface area (Å²) in [6, 6.07) is 6.25. The molecule has 4 rings (SSSR count). The fourth-order valence-corrected chi connectivity index (χ4v) is 6.43. The highest BCUT2D eigenvalue weighted by molar-refractivity contribution is 8.02. The normalized spacial score (nSPS) is 21.1. The van der Waals surface area contributed by atoms with Crippen molar-refractivity contribution in [2.45, 2.75) is 41.2 Å². The molecular weight excluding hydrogens is 498 g/mol. The maximum atomic E-state index is 13.0. The average Bonchev–Trinajstić information content (AvgIpc) is 3.34. The summed E-state index contributed by atoms with van der Waals surface area (Å²) < 4.78 is -1.78. The van der Waals surface area contributed by atoms with Crippen LogP contribution in [0.3, 0.4) is 0 Å². The minimum Gasteiger partial charge on any atom is -0.480 e. The Labute approximate surface area is 206 Å². The van der Waals surface area contributed by atoms with Crippen molar-refractivity contribution in [3.8, 4) is 0 Å². The molecule has 2 aliphatic heterocycles. The van der Waals surface area contributed by atoms with Crippen molar-refractivity contribution >= 4 is 47.3 Å². The van der Waals surface area contributed by atoms with Crippen LogP contribution in [0.25, 0.3) is 0 Å². The maximum absolute atomic E-state index is 13.0. The van der Waals surface area contributed by atoms with Gasteiger partial charge in [0.25, 0.3) is 5.91 Å². The highest BCUT2D eigenvalue weighted by Crippen LogP contribution is 2.47. The number of hydrogen-bond acceptors (Lipinski definition) is 10. The van der Waals surface area contributed by atoms with Gasteiger partial charge in [0, 0.05) is 12.3 Å². The van der Waals surface area contributed by atoms with Gasteiger partial charge in [0.1, 0.15) is 21.9 Å². The number of aromatic nitrogens is 4. The number of aromatic amines is 1. The number of aliphatic carboxylic acids is 2. The number of benzene rings is 1. The van der Waals surface area contributed by atoms with Crippen LogP contribution >= 0.6 is 23.5 Å². The standard InChI is InChI=1S/C20H21N7O6S2/c1-20(18(32)33,35-19-23-25-26-24-19)11-8-34-16-13(15(29)27(16)14(11)17(30)31)22-12(28)6-9-4-2-3-5-10(9)7-21/h2-5,13,16H,6-8,21H2,1H3,(H,22,28)(H,30,31)(H,32,33)(H,23,24,25,26)/t13?,16-,20?/m1/s1. The van der Waals surface area contributed by atoms with Crippen molar-refractivity contribution in [1.29, 1.82) is 0 Å². The Bertz CT molecular complexity index is 1220. The molecule has 0 spiro atoms. The van der Waals surface area contributed by atoms with Gasteiger partial charge < -0.3 is 21.3 Å². The molecule has 0 radical (unpaired) electrons. The van der Waals surface area contributed by atoms with Crippen LogP contribution < -0.4 is 11.1 Å². The number of hydrogen-bond donors (Lipinski definition) is 5. The average molecular weight is 520 g/mol. The van der Waals surface area contributed by atoms with Crippen LogP contribution in [0, 0.1) is 0 Å². The van der Waals surface area contributed by atoms with Crippen LogP contribution in [0.5, 0.6) is 0 Å². The monoisotopic (exact) mass is 519 g/mol. The van der Waals surface area contributed by atoms with E-state index < -0.39 is 45.6 Å². The van der Waals surface area contributed by atoms with E-state index in [2.05, 4.69) is 25.9 Å². The van der Waals surface area contributed by atoms with Gasteiger partial charge in [-0.25, -0.2) is 4.79 Å². The predicted molar refractivity (Wildman–Crippen MR) is 124 cm³/mol. The van der Waals surface area contributed by atoms with E-state index in [1.54, 1.807) is 12.1 Å². The molecule has 2 unspecified atom stereocenters. The molecule has 0 aliphatic carbocycles. The fraction of sp³-hybridized carbons (Fsp3) is 0.350. The van der Waals surface area contributed by atoms with Crippen LogP contribution in [0.2, 0.25) is 0 Å². The highest BCUT2D eigenvalue weighted by atomic mass is 32.2. The first kappa shape index (κ1) is 24.7. The van der Waals surface area contributed by atoms with E-state index >= 15 is 0 Å². The first-order chi connectivity index (χ1) is 16.7. The number of tetrazole rings is 1. The first-order valence-electron chi connectivity index (χ1n) is 10.3. The molecule has 1 saturated heterocycles. The molecule has 2 aromatic rings. The number of carboxylic acids is 2. The maximum Gasteiger partial charge on any atom is 0.352 e. The number of nitrogens with zero attached hydrogens (tertiary/aromatic N) is 4. The zero-order chi connectivity index (χ0) is 25.3. The number of amides is 2. The van der Waals surface area contributed by atoms with Gasteiger partial charge in [0.2, 0.25) is 11.1 Å². The van der Waals surface area contributed by atoms with E-state index in [1.807, 2.05) is 12.1 Å². The summed E-state index contributed by atoms with van der Waals surface area (Å²) >= 11 is 1.89. The van der Waals surface area contributed by atoms with Crippen LogP contribution in [0.1, 0.15) is 18.1 Å². The fourth-order valence-electron chi connectivity index (χ4n) is 3.92. The van der Waals surface area contributed by atoms with Crippen LogP contribution in [-0.4, -0.2) is 81.4 Å². The summed E-state index contributed by atoms with van der Waals surface area (Å²) in [5, 5.41) is 35.0. The number of rotatable bonds is 9. The lowest BCUT2D eigenvalue weighted by Gasteiger charge is -2.50. The molecule has 15 heteroatoms. The van der Waals surface area contributed by atoms with Gasteiger partial charge in [-0.2, -0.15) is 5.21 Å². The molecule has 3 heterocycles. The third kappa shape index (κ3) is 4.49. The predicted octanol–water partition coefficient (Wildman–Crippen LogP) is -0.425. The number of carboxylic acid groups (broad SMARTS) is 2. The van der Waals surface area contributed by atoms with Gasteiger partial charge in [-0.3, -0.25) is 19.3 Å². The Morgan fingerprint density at radius 2 is 2.03 bits per heavy atom. The van der Waals surface area contributed by atoms with Crippen molar-refractivity contribution in [3.05, 3.63) is 46.7 Å². The van der Waals surface area contributed by atoms with Gasteiger partial charge >= 0.3 is 11.9 Å². The third-order valence-corrected chi connectivity index (χ3v) is 8.25. The van der Waals surface area contributed by atoms with Gasteiger partial charge in [0.15, 0.2) is 0 Å². The summed E-state index contributed by atoms with van der Waals surface area (Å²) in [7, 11) is 0. The summed E-state index contributed by atoms with van der Waals surface area (Å²) in [6.45, 7) is 1.59. The second kappa shape index (κ2) is 9.67. The van der Waals surface area contributed by atoms with Gasteiger partial charge in [-0.05, 0) is 28.8 Å². The number of H-pyrrole nitrogens is 1. The quantitative estimate of drug-likeness (QED) is 0.211. The van der Waals surface area contributed by atoms with E-state index in [9.17, 15) is 29.4 Å². The third-order valence-electron chi connectivity index (χ3n) is 5.78. The number of nitrogens with two attached hydrogens (primary N) is 1. The van der Waals surface area contributed by atoms with Crippen LogP contribution in [0.4, 0.5) is 0 Å². The summed E-state index contributed by atoms with van der Waals surface area (Å²) in [5.74, 6) is -3.79. The zero-order valence-corrected chi connectivity index (χ0v) is 19.9. The topological polar surface area (TPSA) is 204 Å². The molecule has 1 aromatic carbocycles. The van der Waals surface area contributed by atoms with Crippen molar-refractivity contribution in [3.63, 3.8) is 0 Å². The second-order valence-corrected chi connectivity index (χ2v) is 10.4. The lowest BCUT2D eigenvalue weighted by atomic mass is 9.95. The summed E-state index contributed by atoms with van der Waals surface area (Å²) in [4.78, 5) is 51.1. The minimum atomic E-state index is -1.78. The van der Waals surface area contributed by atoms with E-state index in [0.717, 1.165) is 16.0 Å². The smallest absolute Gasteiger partial charge is 0.352 e. The molecule has 1 fully saturated rings. The van der Waals surface area contributed by atoms with Crippen LogP contribution in [-0.2, 0) is 32.1 Å². The van der Waals surface area contributed by atoms with Gasteiger partial charge in [0.05, 0.1) is 6.42 Å². The summed E-state index contributed by atoms with van der Waals surface area (Å²) in [6.07, 6.45) is 0.0137. The van der Waals surface area contributed by atoms with Crippen molar-refractivity contribution in [2.24, 2.45) is 5.73 Å². The molecule has 3 atom stereocenters. The Balaban J connectivity index is 1.57. The molecule has 13 nitrogen and oxygen atoms in total. The molecule has 1 aromatic heterocycles. The Hall–Kier alpha value is -3.43. The Morgan fingerprint density at radius 1 is 1.31 bits per heavy atom. The number of fused-ring (bicyclic) bond motifs is 1. The van der Waals surface area contributed by atoms with Crippen molar-refractivity contribution in [2.75, 3.05) is 5.75 Å². The molecule has 184 valence electrons. The largest absolute Gasteiger partial charge is 0.480 e. The molecule has 35 heavy (non-hydrogen) atoms. The molecule has 2 aliphatic rings. The second-order valence-electron chi connectivity index (χ2n) is 7.87. The molecule has 2 amide bonds. The molecule has 0 saturated carbocycles. The van der Waals surface area contributed by atoms with E-state index in [-0.39, 0.29) is 29.4 Å². The Morgan fingerprint density at radius 3 is 2.63 bits per heavy atom. The molecule has 6 N–H and O–H groups in total. The summed E-state index contributed by atoms with van der Waals surface area (Å²) in [5.41, 5.74) is 6.86.